The summed E-state index contributed by atoms with van der Waals surface area (Å²) in [6, 6.07) is 12.2. The lowest BCUT2D eigenvalue weighted by Crippen LogP contribution is -2.25. The summed E-state index contributed by atoms with van der Waals surface area (Å²) >= 11 is 0. The number of rotatable bonds is 7. The highest BCUT2D eigenvalue weighted by molar-refractivity contribution is 5.92. The fourth-order valence-electron chi connectivity index (χ4n) is 2.97. The van der Waals surface area contributed by atoms with E-state index in [0.717, 1.165) is 5.56 Å². The molecule has 8 heteroatoms. The Morgan fingerprint density at radius 2 is 1.93 bits per heavy atom. The van der Waals surface area contributed by atoms with Crippen LogP contribution >= 0.6 is 0 Å². The summed E-state index contributed by atoms with van der Waals surface area (Å²) in [4.78, 5) is 36.0. The quantitative estimate of drug-likeness (QED) is 0.614. The largest absolute Gasteiger partial charge is 0.496 e. The van der Waals surface area contributed by atoms with Gasteiger partial charge in [-0.15, -0.1) is 0 Å². The van der Waals surface area contributed by atoms with Crippen molar-refractivity contribution in [2.45, 2.75) is 19.5 Å². The molecular formula is C21H21N3O5. The number of aryl methyl sites for hydroxylation is 1. The average molecular weight is 395 g/mol. The summed E-state index contributed by atoms with van der Waals surface area (Å²) in [6.07, 6.45) is 1.45. The maximum atomic E-state index is 12.3. The van der Waals surface area contributed by atoms with Crippen molar-refractivity contribution < 1.29 is 19.1 Å². The lowest BCUT2D eigenvalue weighted by atomic mass is 10.1. The average Bonchev–Trinajstić information content (AvgIpc) is 2.76. The Balaban J connectivity index is 1.63. The molecule has 8 nitrogen and oxygen atoms in total. The molecule has 1 N–H and O–H groups in total. The highest BCUT2D eigenvalue weighted by Gasteiger charge is 2.14. The minimum absolute atomic E-state index is 0.151. The summed E-state index contributed by atoms with van der Waals surface area (Å²) < 4.78 is 11.6. The minimum Gasteiger partial charge on any atom is -0.496 e. The third-order valence-corrected chi connectivity index (χ3v) is 4.47. The zero-order valence-corrected chi connectivity index (χ0v) is 16.2. The van der Waals surface area contributed by atoms with Gasteiger partial charge in [-0.25, -0.2) is 4.79 Å². The number of hydrogen-bond donors (Lipinski definition) is 1. The molecule has 1 aromatic heterocycles. The summed E-state index contributed by atoms with van der Waals surface area (Å²) in [6.45, 7) is 0.591. The van der Waals surface area contributed by atoms with E-state index in [0.29, 0.717) is 28.8 Å². The second-order valence-corrected chi connectivity index (χ2v) is 6.30. The van der Waals surface area contributed by atoms with Crippen molar-refractivity contribution in [1.29, 1.82) is 0 Å². The Morgan fingerprint density at radius 1 is 1.14 bits per heavy atom. The molecule has 0 aliphatic heterocycles. The van der Waals surface area contributed by atoms with Crippen molar-refractivity contribution in [2.75, 3.05) is 14.2 Å². The Labute approximate surface area is 167 Å². The number of ether oxygens (including phenoxy) is 2. The Kier molecular flexibility index (Phi) is 6.23. The summed E-state index contributed by atoms with van der Waals surface area (Å²) in [5.74, 6) is -0.278. The van der Waals surface area contributed by atoms with Crippen molar-refractivity contribution in [3.05, 3.63) is 70.0 Å². The number of carbonyl (C=O) groups is 2. The number of aromatic nitrogens is 2. The van der Waals surface area contributed by atoms with Crippen LogP contribution in [0.4, 0.5) is 0 Å². The molecule has 0 atom stereocenters. The molecule has 29 heavy (non-hydrogen) atoms. The zero-order valence-electron chi connectivity index (χ0n) is 16.2. The Morgan fingerprint density at radius 3 is 2.69 bits per heavy atom. The standard InChI is InChI=1S/C21H21N3O5/c1-28-19-8-7-14(11-16(19)21(27)29-2)12-22-20(26)9-10-24-17-6-4-3-5-15(17)18(25)13-23-24/h3-8,11,13H,9-10,12H2,1-2H3,(H,22,26). The van der Waals surface area contributed by atoms with Crippen LogP contribution in [0.5, 0.6) is 5.75 Å². The van der Waals surface area contributed by atoms with Gasteiger partial charge in [0.05, 0.1) is 32.5 Å². The van der Waals surface area contributed by atoms with Crippen molar-refractivity contribution in [1.82, 2.24) is 15.1 Å². The molecule has 0 saturated heterocycles. The van der Waals surface area contributed by atoms with E-state index in [9.17, 15) is 14.4 Å². The predicted molar refractivity (Wildman–Crippen MR) is 107 cm³/mol. The van der Waals surface area contributed by atoms with E-state index in [2.05, 4.69) is 10.4 Å². The van der Waals surface area contributed by atoms with Gasteiger partial charge in [0.2, 0.25) is 11.3 Å². The van der Waals surface area contributed by atoms with Crippen LogP contribution in [0.2, 0.25) is 0 Å². The fraction of sp³-hybridized carbons (Fsp3) is 0.238. The number of benzene rings is 2. The molecule has 1 amide bonds. The monoisotopic (exact) mass is 395 g/mol. The van der Waals surface area contributed by atoms with Crippen molar-refractivity contribution in [2.24, 2.45) is 0 Å². The normalized spacial score (nSPS) is 10.6. The number of carbonyl (C=O) groups excluding carboxylic acids is 2. The van der Waals surface area contributed by atoms with Gasteiger partial charge in [0.15, 0.2) is 0 Å². The second-order valence-electron chi connectivity index (χ2n) is 6.30. The summed E-state index contributed by atoms with van der Waals surface area (Å²) in [5, 5.41) is 7.50. The molecule has 0 spiro atoms. The van der Waals surface area contributed by atoms with Crippen LogP contribution in [0, 0.1) is 0 Å². The molecule has 0 bridgehead atoms. The first-order valence-corrected chi connectivity index (χ1v) is 9.00. The highest BCUT2D eigenvalue weighted by atomic mass is 16.5. The first-order chi connectivity index (χ1) is 14.0. The third-order valence-electron chi connectivity index (χ3n) is 4.47. The van der Waals surface area contributed by atoms with Gasteiger partial charge >= 0.3 is 5.97 Å². The van der Waals surface area contributed by atoms with Gasteiger partial charge < -0.3 is 14.8 Å². The molecular weight excluding hydrogens is 374 g/mol. The van der Waals surface area contributed by atoms with Gasteiger partial charge in [0.25, 0.3) is 0 Å². The van der Waals surface area contributed by atoms with Gasteiger partial charge in [-0.05, 0) is 29.8 Å². The Bertz CT molecular complexity index is 1110. The number of methoxy groups -OCH3 is 2. The molecule has 3 aromatic rings. The van der Waals surface area contributed by atoms with Gasteiger partial charge in [0.1, 0.15) is 11.3 Å². The number of amides is 1. The van der Waals surface area contributed by atoms with Crippen LogP contribution in [-0.2, 0) is 22.6 Å². The number of para-hydroxylation sites is 1. The lowest BCUT2D eigenvalue weighted by Gasteiger charge is -2.11. The van der Waals surface area contributed by atoms with Crippen LogP contribution < -0.4 is 15.5 Å². The van der Waals surface area contributed by atoms with Crippen LogP contribution in [0.3, 0.4) is 0 Å². The van der Waals surface area contributed by atoms with Gasteiger partial charge in [-0.2, -0.15) is 5.10 Å². The van der Waals surface area contributed by atoms with Gasteiger partial charge in [0, 0.05) is 18.4 Å². The molecule has 0 unspecified atom stereocenters. The third kappa shape index (κ3) is 4.60. The van der Waals surface area contributed by atoms with Crippen LogP contribution in [0.1, 0.15) is 22.3 Å². The second kappa shape index (κ2) is 9.01. The molecule has 0 aliphatic carbocycles. The minimum atomic E-state index is -0.508. The zero-order chi connectivity index (χ0) is 20.8. The number of nitrogens with one attached hydrogen (secondary N) is 1. The van der Waals surface area contributed by atoms with Gasteiger partial charge in [-0.1, -0.05) is 18.2 Å². The molecule has 150 valence electrons. The van der Waals surface area contributed by atoms with E-state index < -0.39 is 5.97 Å². The van der Waals surface area contributed by atoms with E-state index in [4.69, 9.17) is 9.47 Å². The predicted octanol–water partition coefficient (Wildman–Crippen LogP) is 1.90. The smallest absolute Gasteiger partial charge is 0.341 e. The molecule has 0 saturated carbocycles. The van der Waals surface area contributed by atoms with Crippen molar-refractivity contribution >= 4 is 22.8 Å². The molecule has 0 fully saturated rings. The molecule has 2 aromatic carbocycles. The van der Waals surface area contributed by atoms with Crippen LogP contribution in [-0.4, -0.2) is 35.9 Å². The Hall–Kier alpha value is -3.68. The summed E-state index contributed by atoms with van der Waals surface area (Å²) in [5.41, 5.74) is 1.57. The van der Waals surface area contributed by atoms with Crippen LogP contribution in [0.25, 0.3) is 10.9 Å². The first kappa shape index (κ1) is 20.1. The molecule has 3 rings (SSSR count). The van der Waals surface area contributed by atoms with E-state index in [-0.39, 0.29) is 24.3 Å². The van der Waals surface area contributed by atoms with Crippen LogP contribution in [0.15, 0.2) is 53.5 Å². The van der Waals surface area contributed by atoms with Crippen molar-refractivity contribution in [3.63, 3.8) is 0 Å². The van der Waals surface area contributed by atoms with E-state index in [1.807, 2.05) is 6.07 Å². The first-order valence-electron chi connectivity index (χ1n) is 9.00. The lowest BCUT2D eigenvalue weighted by molar-refractivity contribution is -0.121. The SMILES string of the molecule is COC(=O)c1cc(CNC(=O)CCn2ncc(=O)c3ccccc32)ccc1OC. The maximum absolute atomic E-state index is 12.3. The molecule has 0 aliphatic rings. The summed E-state index contributed by atoms with van der Waals surface area (Å²) in [7, 11) is 2.77. The number of fused-ring (bicyclic) bond motifs is 1. The molecule has 0 radical (unpaired) electrons. The number of esters is 1. The highest BCUT2D eigenvalue weighted by Crippen LogP contribution is 2.20. The van der Waals surface area contributed by atoms with Crippen molar-refractivity contribution in [3.8, 4) is 5.75 Å². The maximum Gasteiger partial charge on any atom is 0.341 e. The number of hydrogen-bond acceptors (Lipinski definition) is 6. The van der Waals surface area contributed by atoms with Gasteiger partial charge in [-0.3, -0.25) is 14.3 Å². The number of nitrogens with zero attached hydrogens (tertiary/aromatic N) is 2. The van der Waals surface area contributed by atoms with E-state index in [1.165, 1.54) is 20.4 Å². The topological polar surface area (TPSA) is 99.5 Å². The fourth-order valence-corrected chi connectivity index (χ4v) is 2.97. The van der Waals surface area contributed by atoms with E-state index >= 15 is 0 Å². The van der Waals surface area contributed by atoms with E-state index in [1.54, 1.807) is 41.1 Å². The molecule has 1 heterocycles.